The number of primary sulfonamides is 1. The molecule has 0 bridgehead atoms. The van der Waals surface area contributed by atoms with E-state index in [0.717, 1.165) is 47.7 Å². The first-order chi connectivity index (χ1) is 16.1. The zero-order chi connectivity index (χ0) is 24.1. The molecule has 2 aromatic heterocycles. The Labute approximate surface area is 199 Å². The Morgan fingerprint density at radius 2 is 1.94 bits per heavy atom. The van der Waals surface area contributed by atoms with Crippen molar-refractivity contribution >= 4 is 21.7 Å². The molecule has 0 saturated heterocycles. The molecule has 0 spiro atoms. The van der Waals surface area contributed by atoms with Gasteiger partial charge in [0.05, 0.1) is 6.54 Å². The van der Waals surface area contributed by atoms with Gasteiger partial charge in [-0.15, -0.1) is 0 Å². The van der Waals surface area contributed by atoms with Crippen LogP contribution in [0.5, 0.6) is 5.75 Å². The molecule has 0 unspecified atom stereocenters. The minimum atomic E-state index is -3.99. The number of ether oxygens (including phenoxy) is 1. The lowest BCUT2D eigenvalue weighted by molar-refractivity contribution is 0.310. The summed E-state index contributed by atoms with van der Waals surface area (Å²) in [6.45, 7) is 6.42. The van der Waals surface area contributed by atoms with Gasteiger partial charge in [0.1, 0.15) is 35.2 Å². The van der Waals surface area contributed by atoms with E-state index in [0.29, 0.717) is 25.3 Å². The highest BCUT2D eigenvalue weighted by Crippen LogP contribution is 2.39. The van der Waals surface area contributed by atoms with Gasteiger partial charge in [-0.2, -0.15) is 0 Å². The third kappa shape index (κ3) is 4.30. The number of anilines is 2. The molecule has 3 aromatic rings. The van der Waals surface area contributed by atoms with Crippen LogP contribution in [0, 0.1) is 5.41 Å². The van der Waals surface area contributed by atoms with Gasteiger partial charge < -0.3 is 15.4 Å². The molecule has 1 aliphatic carbocycles. The van der Waals surface area contributed by atoms with E-state index in [1.165, 1.54) is 11.6 Å². The third-order valence-electron chi connectivity index (χ3n) is 6.57. The molecule has 178 valence electrons. The molecule has 9 nitrogen and oxygen atoms in total. The lowest BCUT2D eigenvalue weighted by atomic mass is 9.76. The molecule has 1 aromatic carbocycles. The summed E-state index contributed by atoms with van der Waals surface area (Å²) in [5.74, 6) is 1.64. The van der Waals surface area contributed by atoms with E-state index in [1.807, 2.05) is 18.2 Å². The van der Waals surface area contributed by atoms with Crippen LogP contribution in [0.3, 0.4) is 0 Å². The number of nitrogens with zero attached hydrogens (tertiary/aromatic N) is 4. The highest BCUT2D eigenvalue weighted by atomic mass is 32.2. The van der Waals surface area contributed by atoms with E-state index in [2.05, 4.69) is 33.7 Å². The largest absolute Gasteiger partial charge is 0.491 e. The number of aryl methyl sites for hydroxylation is 1. The van der Waals surface area contributed by atoms with Crippen LogP contribution in [0.1, 0.15) is 37.1 Å². The molecule has 0 amide bonds. The van der Waals surface area contributed by atoms with Crippen molar-refractivity contribution in [1.29, 1.82) is 0 Å². The Balaban J connectivity index is 1.52. The quantitative estimate of drug-likeness (QED) is 0.584. The second-order valence-corrected chi connectivity index (χ2v) is 11.2. The number of pyridine rings is 1. The van der Waals surface area contributed by atoms with Crippen molar-refractivity contribution in [3.05, 3.63) is 53.6 Å². The van der Waals surface area contributed by atoms with E-state index in [1.54, 1.807) is 12.5 Å². The maximum Gasteiger partial charge on any atom is 0.241 e. The monoisotopic (exact) mass is 480 g/mol. The van der Waals surface area contributed by atoms with Crippen LogP contribution in [0.2, 0.25) is 0 Å². The standard InChI is InChI=1S/C24H28N6O3S/c1-24(2)6-5-19-18(11-24)23(29-14-28-19)30-7-8-33-20-4-3-15(9-17(20)13-30)16-10-21(34(26,31)32)22(25)27-12-16/h3-4,9-10,12,14H,5-8,11,13H2,1-2H3,(H2,25,27)(H2,26,31,32). The fourth-order valence-corrected chi connectivity index (χ4v) is 5.36. The molecule has 0 atom stereocenters. The number of benzene rings is 1. The first kappa shape index (κ1) is 22.5. The molecule has 10 heteroatoms. The second kappa shape index (κ2) is 8.21. The van der Waals surface area contributed by atoms with Crippen molar-refractivity contribution < 1.29 is 13.2 Å². The zero-order valence-corrected chi connectivity index (χ0v) is 20.1. The van der Waals surface area contributed by atoms with Crippen LogP contribution in [-0.4, -0.2) is 36.5 Å². The first-order valence-corrected chi connectivity index (χ1v) is 12.8. The van der Waals surface area contributed by atoms with Crippen molar-refractivity contribution in [2.45, 2.75) is 44.6 Å². The van der Waals surface area contributed by atoms with E-state index >= 15 is 0 Å². The fraction of sp³-hybridized carbons (Fsp3) is 0.375. The molecule has 0 saturated carbocycles. The maximum atomic E-state index is 11.9. The summed E-state index contributed by atoms with van der Waals surface area (Å²) in [6.07, 6.45) is 6.21. The van der Waals surface area contributed by atoms with Crippen LogP contribution >= 0.6 is 0 Å². The molecule has 1 aliphatic heterocycles. The number of hydrogen-bond acceptors (Lipinski definition) is 8. The number of fused-ring (bicyclic) bond motifs is 2. The normalized spacial score (nSPS) is 17.3. The Kier molecular flexibility index (Phi) is 5.44. The van der Waals surface area contributed by atoms with Crippen molar-refractivity contribution in [2.75, 3.05) is 23.8 Å². The molecule has 4 N–H and O–H groups in total. The summed E-state index contributed by atoms with van der Waals surface area (Å²) in [5.41, 5.74) is 10.7. The summed E-state index contributed by atoms with van der Waals surface area (Å²) < 4.78 is 29.8. The van der Waals surface area contributed by atoms with Crippen LogP contribution in [0.25, 0.3) is 11.1 Å². The summed E-state index contributed by atoms with van der Waals surface area (Å²) in [4.78, 5) is 15.3. The lowest BCUT2D eigenvalue weighted by Gasteiger charge is -2.33. The summed E-state index contributed by atoms with van der Waals surface area (Å²) >= 11 is 0. The Bertz CT molecular complexity index is 1370. The second-order valence-electron chi connectivity index (χ2n) is 9.71. The highest BCUT2D eigenvalue weighted by Gasteiger charge is 2.30. The number of rotatable bonds is 3. The Morgan fingerprint density at radius 1 is 1.12 bits per heavy atom. The topological polar surface area (TPSA) is 137 Å². The molecule has 2 aliphatic rings. The first-order valence-electron chi connectivity index (χ1n) is 11.2. The van der Waals surface area contributed by atoms with Crippen molar-refractivity contribution in [2.24, 2.45) is 10.6 Å². The van der Waals surface area contributed by atoms with Gasteiger partial charge in [0.25, 0.3) is 0 Å². The highest BCUT2D eigenvalue weighted by molar-refractivity contribution is 7.89. The molecule has 0 fully saturated rings. The number of aromatic nitrogens is 3. The smallest absolute Gasteiger partial charge is 0.241 e. The van der Waals surface area contributed by atoms with Crippen LogP contribution < -0.4 is 20.5 Å². The number of nitrogen functional groups attached to an aromatic ring is 1. The summed E-state index contributed by atoms with van der Waals surface area (Å²) in [5, 5.41) is 5.31. The van der Waals surface area contributed by atoms with E-state index < -0.39 is 10.0 Å². The minimum Gasteiger partial charge on any atom is -0.491 e. The van der Waals surface area contributed by atoms with Crippen molar-refractivity contribution in [3.8, 4) is 16.9 Å². The van der Waals surface area contributed by atoms with Gasteiger partial charge >= 0.3 is 0 Å². The predicted molar refractivity (Wildman–Crippen MR) is 130 cm³/mol. The van der Waals surface area contributed by atoms with E-state index in [4.69, 9.17) is 15.6 Å². The van der Waals surface area contributed by atoms with Gasteiger partial charge in [-0.05, 0) is 48.4 Å². The average molecular weight is 481 g/mol. The zero-order valence-electron chi connectivity index (χ0n) is 19.3. The van der Waals surface area contributed by atoms with E-state index in [-0.39, 0.29) is 16.1 Å². The van der Waals surface area contributed by atoms with Gasteiger partial charge in [-0.3, -0.25) is 0 Å². The third-order valence-corrected chi connectivity index (χ3v) is 7.51. The van der Waals surface area contributed by atoms with E-state index in [9.17, 15) is 8.42 Å². The average Bonchev–Trinajstić information content (AvgIpc) is 2.99. The maximum absolute atomic E-state index is 11.9. The van der Waals surface area contributed by atoms with Crippen LogP contribution in [0.4, 0.5) is 11.6 Å². The minimum absolute atomic E-state index is 0.119. The van der Waals surface area contributed by atoms with Gasteiger partial charge in [0.2, 0.25) is 10.0 Å². The summed E-state index contributed by atoms with van der Waals surface area (Å²) in [7, 11) is -3.99. The molecule has 34 heavy (non-hydrogen) atoms. The molecule has 5 rings (SSSR count). The van der Waals surface area contributed by atoms with Crippen LogP contribution in [0.15, 0.2) is 41.7 Å². The number of nitrogens with two attached hydrogens (primary N) is 2. The molecule has 3 heterocycles. The Hall–Kier alpha value is -3.24. The Morgan fingerprint density at radius 3 is 2.74 bits per heavy atom. The van der Waals surface area contributed by atoms with Gasteiger partial charge in [-0.1, -0.05) is 19.9 Å². The predicted octanol–water partition coefficient (Wildman–Crippen LogP) is 2.68. The SMILES string of the molecule is CC1(C)CCc2ncnc(N3CCOc4ccc(-c5cnc(N)c(S(N)(=O)=O)c5)cc4C3)c2C1. The number of sulfonamides is 1. The van der Waals surface area contributed by atoms with Gasteiger partial charge in [-0.25, -0.2) is 28.5 Å². The van der Waals surface area contributed by atoms with Gasteiger partial charge in [0, 0.05) is 35.1 Å². The number of hydrogen-bond donors (Lipinski definition) is 2. The summed E-state index contributed by atoms with van der Waals surface area (Å²) in [6, 6.07) is 7.23. The molecular weight excluding hydrogens is 452 g/mol. The van der Waals surface area contributed by atoms with Crippen molar-refractivity contribution in [1.82, 2.24) is 15.0 Å². The fourth-order valence-electron chi connectivity index (χ4n) is 4.73. The lowest BCUT2D eigenvalue weighted by Crippen LogP contribution is -2.31. The molecule has 0 radical (unpaired) electrons. The molecular formula is C24H28N6O3S. The van der Waals surface area contributed by atoms with Crippen molar-refractivity contribution in [3.63, 3.8) is 0 Å². The van der Waals surface area contributed by atoms with Gasteiger partial charge in [0.15, 0.2) is 0 Å². The van der Waals surface area contributed by atoms with Crippen LogP contribution in [-0.2, 0) is 29.4 Å².